The van der Waals surface area contributed by atoms with Gasteiger partial charge in [0.2, 0.25) is 0 Å². The Balaban J connectivity index is 1.83. The molecule has 0 radical (unpaired) electrons. The number of hydrogen-bond acceptors (Lipinski definition) is 1. The zero-order chi connectivity index (χ0) is 14.5. The van der Waals surface area contributed by atoms with Crippen molar-refractivity contribution in [2.45, 2.75) is 116 Å². The molecule has 1 fully saturated rings. The first-order valence-corrected chi connectivity index (χ1v) is 9.58. The normalized spacial score (nSPS) is 18.3. The van der Waals surface area contributed by atoms with Crippen molar-refractivity contribution < 1.29 is 0 Å². The molecule has 1 rings (SSSR count). The molecule has 1 aliphatic rings. The highest BCUT2D eigenvalue weighted by molar-refractivity contribution is 4.72. The van der Waals surface area contributed by atoms with Crippen LogP contribution in [-0.2, 0) is 0 Å². The zero-order valence-corrected chi connectivity index (χ0v) is 14.0. The topological polar surface area (TPSA) is 26.0 Å². The molecule has 20 heavy (non-hydrogen) atoms. The smallest absolute Gasteiger partial charge is 0.00414 e. The second kappa shape index (κ2) is 12.7. The molecule has 2 N–H and O–H groups in total. The van der Waals surface area contributed by atoms with Gasteiger partial charge in [0, 0.05) is 6.04 Å². The maximum absolute atomic E-state index is 6.30. The van der Waals surface area contributed by atoms with Crippen LogP contribution in [0.1, 0.15) is 110 Å². The molecule has 1 atom stereocenters. The van der Waals surface area contributed by atoms with Crippen molar-refractivity contribution in [2.75, 3.05) is 0 Å². The summed E-state index contributed by atoms with van der Waals surface area (Å²) in [5.74, 6) is 0.956. The van der Waals surface area contributed by atoms with Gasteiger partial charge in [-0.15, -0.1) is 0 Å². The van der Waals surface area contributed by atoms with Crippen molar-refractivity contribution >= 4 is 0 Å². The molecule has 0 bridgehead atoms. The Labute approximate surface area is 128 Å². The molecule has 0 aliphatic heterocycles. The van der Waals surface area contributed by atoms with Gasteiger partial charge in [0.1, 0.15) is 0 Å². The molecule has 1 heteroatoms. The summed E-state index contributed by atoms with van der Waals surface area (Å²) >= 11 is 0. The van der Waals surface area contributed by atoms with E-state index in [-0.39, 0.29) is 0 Å². The minimum Gasteiger partial charge on any atom is -0.328 e. The van der Waals surface area contributed by atoms with Gasteiger partial charge in [-0.2, -0.15) is 0 Å². The van der Waals surface area contributed by atoms with Crippen molar-refractivity contribution in [2.24, 2.45) is 11.7 Å². The van der Waals surface area contributed by atoms with E-state index in [1.807, 2.05) is 0 Å². The van der Waals surface area contributed by atoms with E-state index in [0.29, 0.717) is 6.04 Å². The lowest BCUT2D eigenvalue weighted by Crippen LogP contribution is -2.24. The van der Waals surface area contributed by atoms with Crippen molar-refractivity contribution in [1.82, 2.24) is 0 Å². The predicted octanol–water partition coefficient (Wildman–Crippen LogP) is 6.21. The first kappa shape index (κ1) is 18.0. The van der Waals surface area contributed by atoms with Crippen molar-refractivity contribution in [1.29, 1.82) is 0 Å². The highest BCUT2D eigenvalue weighted by atomic mass is 14.6. The summed E-state index contributed by atoms with van der Waals surface area (Å²) < 4.78 is 0. The van der Waals surface area contributed by atoms with E-state index < -0.39 is 0 Å². The number of rotatable bonds is 12. The first-order valence-electron chi connectivity index (χ1n) is 9.58. The van der Waals surface area contributed by atoms with E-state index in [0.717, 1.165) is 5.92 Å². The fourth-order valence-electron chi connectivity index (χ4n) is 3.69. The highest BCUT2D eigenvalue weighted by Crippen LogP contribution is 2.27. The monoisotopic (exact) mass is 281 g/mol. The van der Waals surface area contributed by atoms with Gasteiger partial charge >= 0.3 is 0 Å². The van der Waals surface area contributed by atoms with Gasteiger partial charge in [0.15, 0.2) is 0 Å². The van der Waals surface area contributed by atoms with Gasteiger partial charge in [-0.1, -0.05) is 96.8 Å². The average Bonchev–Trinajstić information content (AvgIpc) is 2.46. The summed E-state index contributed by atoms with van der Waals surface area (Å²) in [6.45, 7) is 2.29. The molecule has 0 amide bonds. The lowest BCUT2D eigenvalue weighted by atomic mass is 9.84. The molecule has 0 saturated heterocycles. The molecule has 0 aromatic rings. The second-order valence-electron chi connectivity index (χ2n) is 7.12. The Bertz CT molecular complexity index is 196. The Hall–Kier alpha value is -0.0400. The molecule has 0 spiro atoms. The lowest BCUT2D eigenvalue weighted by molar-refractivity contribution is 0.309. The van der Waals surface area contributed by atoms with Crippen LogP contribution < -0.4 is 5.73 Å². The van der Waals surface area contributed by atoms with E-state index in [4.69, 9.17) is 5.73 Å². The van der Waals surface area contributed by atoms with E-state index in [2.05, 4.69) is 6.92 Å². The van der Waals surface area contributed by atoms with Gasteiger partial charge in [-0.3, -0.25) is 0 Å². The van der Waals surface area contributed by atoms with Crippen LogP contribution in [0.25, 0.3) is 0 Å². The summed E-state index contributed by atoms with van der Waals surface area (Å²) in [7, 11) is 0. The third kappa shape index (κ3) is 9.80. The van der Waals surface area contributed by atoms with Crippen LogP contribution in [0.3, 0.4) is 0 Å². The second-order valence-corrected chi connectivity index (χ2v) is 7.12. The molecular formula is C19H39N. The number of nitrogens with two attached hydrogens (primary N) is 1. The van der Waals surface area contributed by atoms with Gasteiger partial charge in [-0.25, -0.2) is 0 Å². The maximum atomic E-state index is 6.30. The van der Waals surface area contributed by atoms with Gasteiger partial charge in [-0.05, 0) is 18.8 Å². The van der Waals surface area contributed by atoms with Crippen LogP contribution in [0.2, 0.25) is 0 Å². The zero-order valence-electron chi connectivity index (χ0n) is 14.0. The van der Waals surface area contributed by atoms with Gasteiger partial charge < -0.3 is 5.73 Å². The maximum Gasteiger partial charge on any atom is 0.00414 e. The van der Waals surface area contributed by atoms with Crippen molar-refractivity contribution in [3.05, 3.63) is 0 Å². The van der Waals surface area contributed by atoms with E-state index in [1.54, 1.807) is 0 Å². The van der Waals surface area contributed by atoms with Crippen LogP contribution >= 0.6 is 0 Å². The SMILES string of the molecule is CCCCCCCCCCCC(N)CC1CCCCC1. The summed E-state index contributed by atoms with van der Waals surface area (Å²) in [5.41, 5.74) is 6.30. The standard InChI is InChI=1S/C19H39N/c1-2-3-4-5-6-7-8-9-13-16-19(20)17-18-14-11-10-12-15-18/h18-19H,2-17,20H2,1H3. The van der Waals surface area contributed by atoms with Crippen molar-refractivity contribution in [3.8, 4) is 0 Å². The lowest BCUT2D eigenvalue weighted by Gasteiger charge is -2.24. The molecule has 120 valence electrons. The van der Waals surface area contributed by atoms with Crippen LogP contribution in [0, 0.1) is 5.92 Å². The molecule has 1 saturated carbocycles. The first-order chi connectivity index (χ1) is 9.83. The van der Waals surface area contributed by atoms with E-state index in [9.17, 15) is 0 Å². The Morgan fingerprint density at radius 3 is 1.95 bits per heavy atom. The van der Waals surface area contributed by atoms with Crippen LogP contribution in [0.15, 0.2) is 0 Å². The van der Waals surface area contributed by atoms with Gasteiger partial charge in [0.05, 0.1) is 0 Å². The largest absolute Gasteiger partial charge is 0.328 e. The summed E-state index contributed by atoms with van der Waals surface area (Å²) in [4.78, 5) is 0. The van der Waals surface area contributed by atoms with E-state index in [1.165, 1.54) is 103 Å². The number of unbranched alkanes of at least 4 members (excludes halogenated alkanes) is 8. The van der Waals surface area contributed by atoms with E-state index >= 15 is 0 Å². The quantitative estimate of drug-likeness (QED) is 0.423. The predicted molar refractivity (Wildman–Crippen MR) is 91.0 cm³/mol. The minimum absolute atomic E-state index is 0.489. The Morgan fingerprint density at radius 1 is 0.800 bits per heavy atom. The fraction of sp³-hybridized carbons (Fsp3) is 1.00. The van der Waals surface area contributed by atoms with Crippen LogP contribution in [-0.4, -0.2) is 6.04 Å². The van der Waals surface area contributed by atoms with Crippen LogP contribution in [0.5, 0.6) is 0 Å². The fourth-order valence-corrected chi connectivity index (χ4v) is 3.69. The third-order valence-corrected chi connectivity index (χ3v) is 5.04. The summed E-state index contributed by atoms with van der Waals surface area (Å²) in [6.07, 6.45) is 22.6. The molecule has 0 heterocycles. The minimum atomic E-state index is 0.489. The molecular weight excluding hydrogens is 242 g/mol. The molecule has 0 aromatic heterocycles. The van der Waals surface area contributed by atoms with Gasteiger partial charge in [0.25, 0.3) is 0 Å². The molecule has 1 unspecified atom stereocenters. The van der Waals surface area contributed by atoms with Crippen LogP contribution in [0.4, 0.5) is 0 Å². The Kier molecular flexibility index (Phi) is 11.4. The summed E-state index contributed by atoms with van der Waals surface area (Å²) in [6, 6.07) is 0.489. The highest BCUT2D eigenvalue weighted by Gasteiger charge is 2.16. The molecule has 1 nitrogen and oxygen atoms in total. The Morgan fingerprint density at radius 2 is 1.35 bits per heavy atom. The molecule has 0 aromatic carbocycles. The summed E-state index contributed by atoms with van der Waals surface area (Å²) in [5, 5.41) is 0. The van der Waals surface area contributed by atoms with Crippen molar-refractivity contribution in [3.63, 3.8) is 0 Å². The number of hydrogen-bond donors (Lipinski definition) is 1. The molecule has 1 aliphatic carbocycles. The third-order valence-electron chi connectivity index (χ3n) is 5.04. The average molecular weight is 282 g/mol.